The SMILES string of the molecule is COc1ccc(C2(C(=O)O)CCCCC2)c(C)c1C. The summed E-state index contributed by atoms with van der Waals surface area (Å²) in [6.07, 6.45) is 4.63. The molecule has 1 saturated carbocycles. The number of carbonyl (C=O) groups is 1. The Morgan fingerprint density at radius 1 is 1.16 bits per heavy atom. The van der Waals surface area contributed by atoms with Gasteiger partial charge in [0.2, 0.25) is 0 Å². The fraction of sp³-hybridized carbons (Fsp3) is 0.562. The molecule has 1 aliphatic rings. The Bertz CT molecular complexity index is 485. The average Bonchev–Trinajstić information content (AvgIpc) is 2.42. The van der Waals surface area contributed by atoms with Gasteiger partial charge in [0.15, 0.2) is 0 Å². The Kier molecular flexibility index (Phi) is 3.83. The van der Waals surface area contributed by atoms with E-state index in [1.165, 1.54) is 0 Å². The molecule has 1 aromatic carbocycles. The molecule has 1 fully saturated rings. The Balaban J connectivity index is 2.54. The Morgan fingerprint density at radius 3 is 2.32 bits per heavy atom. The molecule has 1 aliphatic carbocycles. The van der Waals surface area contributed by atoms with Gasteiger partial charge in [-0.25, -0.2) is 0 Å². The smallest absolute Gasteiger partial charge is 0.314 e. The van der Waals surface area contributed by atoms with Crippen LogP contribution in [0.15, 0.2) is 12.1 Å². The summed E-state index contributed by atoms with van der Waals surface area (Å²) in [5.74, 6) is 0.150. The van der Waals surface area contributed by atoms with Crippen molar-refractivity contribution in [3.8, 4) is 5.75 Å². The quantitative estimate of drug-likeness (QED) is 0.905. The van der Waals surface area contributed by atoms with Gasteiger partial charge in [-0.3, -0.25) is 4.79 Å². The number of methoxy groups -OCH3 is 1. The van der Waals surface area contributed by atoms with Gasteiger partial charge in [0.1, 0.15) is 5.75 Å². The second-order valence-corrected chi connectivity index (χ2v) is 5.51. The molecule has 104 valence electrons. The third-order valence-corrected chi connectivity index (χ3v) is 4.59. The van der Waals surface area contributed by atoms with Gasteiger partial charge < -0.3 is 9.84 Å². The lowest BCUT2D eigenvalue weighted by Gasteiger charge is -2.35. The molecule has 19 heavy (non-hydrogen) atoms. The van der Waals surface area contributed by atoms with Crippen molar-refractivity contribution in [2.75, 3.05) is 7.11 Å². The fourth-order valence-corrected chi connectivity index (χ4v) is 3.29. The van der Waals surface area contributed by atoms with Crippen LogP contribution in [0.4, 0.5) is 0 Å². The topological polar surface area (TPSA) is 46.5 Å². The van der Waals surface area contributed by atoms with E-state index in [0.29, 0.717) is 0 Å². The second kappa shape index (κ2) is 5.24. The largest absolute Gasteiger partial charge is 0.496 e. The lowest BCUT2D eigenvalue weighted by molar-refractivity contribution is -0.145. The predicted molar refractivity (Wildman–Crippen MR) is 74.9 cm³/mol. The first-order valence-corrected chi connectivity index (χ1v) is 6.91. The number of rotatable bonds is 3. The molecule has 0 amide bonds. The van der Waals surface area contributed by atoms with E-state index >= 15 is 0 Å². The molecule has 0 spiro atoms. The van der Waals surface area contributed by atoms with E-state index in [0.717, 1.165) is 54.5 Å². The zero-order valence-electron chi connectivity index (χ0n) is 12.0. The van der Waals surface area contributed by atoms with Crippen molar-refractivity contribution in [2.45, 2.75) is 51.4 Å². The molecule has 0 aliphatic heterocycles. The normalized spacial score (nSPS) is 18.1. The number of carboxylic acids is 1. The van der Waals surface area contributed by atoms with Crippen LogP contribution in [0.1, 0.15) is 48.8 Å². The van der Waals surface area contributed by atoms with Crippen LogP contribution in [-0.4, -0.2) is 18.2 Å². The lowest BCUT2D eigenvalue weighted by Crippen LogP contribution is -2.38. The molecular weight excluding hydrogens is 240 g/mol. The fourth-order valence-electron chi connectivity index (χ4n) is 3.29. The molecule has 3 heteroatoms. The summed E-state index contributed by atoms with van der Waals surface area (Å²) in [7, 11) is 1.65. The van der Waals surface area contributed by atoms with Gasteiger partial charge in [-0.1, -0.05) is 25.3 Å². The minimum atomic E-state index is -0.695. The number of hydrogen-bond acceptors (Lipinski definition) is 2. The van der Waals surface area contributed by atoms with Crippen molar-refractivity contribution < 1.29 is 14.6 Å². The molecule has 0 heterocycles. The van der Waals surface area contributed by atoms with E-state index in [9.17, 15) is 9.90 Å². The molecule has 0 saturated heterocycles. The van der Waals surface area contributed by atoms with Crippen molar-refractivity contribution in [3.05, 3.63) is 28.8 Å². The van der Waals surface area contributed by atoms with Gasteiger partial charge >= 0.3 is 5.97 Å². The highest BCUT2D eigenvalue weighted by molar-refractivity contribution is 5.82. The molecular formula is C16H22O3. The van der Waals surface area contributed by atoms with Crippen molar-refractivity contribution in [2.24, 2.45) is 0 Å². The Labute approximate surface area is 114 Å². The van der Waals surface area contributed by atoms with Crippen LogP contribution in [0.25, 0.3) is 0 Å². The van der Waals surface area contributed by atoms with Crippen LogP contribution in [0, 0.1) is 13.8 Å². The molecule has 0 aromatic heterocycles. The third kappa shape index (κ3) is 2.22. The van der Waals surface area contributed by atoms with Crippen LogP contribution in [0.3, 0.4) is 0 Å². The summed E-state index contributed by atoms with van der Waals surface area (Å²) in [5, 5.41) is 9.75. The van der Waals surface area contributed by atoms with E-state index in [1.807, 2.05) is 26.0 Å². The first kappa shape index (κ1) is 13.9. The average molecular weight is 262 g/mol. The summed E-state index contributed by atoms with van der Waals surface area (Å²) >= 11 is 0. The van der Waals surface area contributed by atoms with Crippen LogP contribution in [0.2, 0.25) is 0 Å². The molecule has 0 atom stereocenters. The van der Waals surface area contributed by atoms with Crippen molar-refractivity contribution in [3.63, 3.8) is 0 Å². The highest BCUT2D eigenvalue weighted by Crippen LogP contribution is 2.42. The van der Waals surface area contributed by atoms with Crippen LogP contribution >= 0.6 is 0 Å². The molecule has 1 N–H and O–H groups in total. The zero-order chi connectivity index (χ0) is 14.0. The summed E-state index contributed by atoms with van der Waals surface area (Å²) in [6, 6.07) is 3.84. The molecule has 0 bridgehead atoms. The maximum absolute atomic E-state index is 11.9. The molecule has 0 unspecified atom stereocenters. The van der Waals surface area contributed by atoms with Crippen LogP contribution < -0.4 is 4.74 Å². The second-order valence-electron chi connectivity index (χ2n) is 5.51. The Morgan fingerprint density at radius 2 is 1.79 bits per heavy atom. The van der Waals surface area contributed by atoms with E-state index in [2.05, 4.69) is 0 Å². The summed E-state index contributed by atoms with van der Waals surface area (Å²) in [4.78, 5) is 11.9. The van der Waals surface area contributed by atoms with Gasteiger partial charge in [0.05, 0.1) is 12.5 Å². The van der Waals surface area contributed by atoms with Gasteiger partial charge in [-0.05, 0) is 49.4 Å². The van der Waals surface area contributed by atoms with Crippen molar-refractivity contribution >= 4 is 5.97 Å². The van der Waals surface area contributed by atoms with E-state index in [4.69, 9.17) is 4.74 Å². The summed E-state index contributed by atoms with van der Waals surface area (Å²) < 4.78 is 5.31. The number of aliphatic carboxylic acids is 1. The van der Waals surface area contributed by atoms with Gasteiger partial charge in [-0.2, -0.15) is 0 Å². The highest BCUT2D eigenvalue weighted by Gasteiger charge is 2.42. The van der Waals surface area contributed by atoms with Gasteiger partial charge in [-0.15, -0.1) is 0 Å². The van der Waals surface area contributed by atoms with Crippen molar-refractivity contribution in [1.82, 2.24) is 0 Å². The Hall–Kier alpha value is -1.51. The van der Waals surface area contributed by atoms with Gasteiger partial charge in [0.25, 0.3) is 0 Å². The van der Waals surface area contributed by atoms with E-state index in [-0.39, 0.29) is 0 Å². The number of ether oxygens (including phenoxy) is 1. The summed E-state index contributed by atoms with van der Waals surface area (Å²) in [5.41, 5.74) is 2.38. The highest BCUT2D eigenvalue weighted by atomic mass is 16.5. The van der Waals surface area contributed by atoms with E-state index in [1.54, 1.807) is 7.11 Å². The number of hydrogen-bond donors (Lipinski definition) is 1. The monoisotopic (exact) mass is 262 g/mol. The van der Waals surface area contributed by atoms with Crippen molar-refractivity contribution in [1.29, 1.82) is 0 Å². The third-order valence-electron chi connectivity index (χ3n) is 4.59. The minimum Gasteiger partial charge on any atom is -0.496 e. The number of benzene rings is 1. The first-order valence-electron chi connectivity index (χ1n) is 6.91. The summed E-state index contributed by atoms with van der Waals surface area (Å²) in [6.45, 7) is 4.00. The van der Waals surface area contributed by atoms with Crippen LogP contribution in [-0.2, 0) is 10.2 Å². The predicted octanol–water partition coefficient (Wildman–Crippen LogP) is 3.60. The molecule has 0 radical (unpaired) electrons. The maximum atomic E-state index is 11.9. The maximum Gasteiger partial charge on any atom is 0.314 e. The van der Waals surface area contributed by atoms with Crippen LogP contribution in [0.5, 0.6) is 5.75 Å². The lowest BCUT2D eigenvalue weighted by atomic mass is 9.68. The van der Waals surface area contributed by atoms with Gasteiger partial charge in [0, 0.05) is 0 Å². The minimum absolute atomic E-state index is 0.681. The van der Waals surface area contributed by atoms with E-state index < -0.39 is 11.4 Å². The molecule has 1 aromatic rings. The molecule has 3 nitrogen and oxygen atoms in total. The standard InChI is InChI=1S/C16H22O3/c1-11-12(2)14(19-3)8-7-13(11)16(15(17)18)9-5-4-6-10-16/h7-8H,4-6,9-10H2,1-3H3,(H,17,18). The zero-order valence-corrected chi connectivity index (χ0v) is 12.0. The first-order chi connectivity index (χ1) is 9.03. The molecule has 2 rings (SSSR count). The number of carboxylic acid groups (broad SMARTS) is 1.